The minimum atomic E-state index is -0.279. The lowest BCUT2D eigenvalue weighted by molar-refractivity contribution is -0.122. The van der Waals surface area contributed by atoms with Gasteiger partial charge in [0.25, 0.3) is 5.91 Å². The minimum absolute atomic E-state index is 0.0473. The van der Waals surface area contributed by atoms with E-state index in [1.807, 2.05) is 38.2 Å². The van der Waals surface area contributed by atoms with E-state index >= 15 is 0 Å². The first-order chi connectivity index (χ1) is 11.5. The second-order valence-corrected chi connectivity index (χ2v) is 6.27. The summed E-state index contributed by atoms with van der Waals surface area (Å²) >= 11 is 0. The van der Waals surface area contributed by atoms with Crippen molar-refractivity contribution >= 4 is 11.8 Å². The minimum Gasteiger partial charge on any atom is -0.351 e. The average Bonchev–Trinajstić information content (AvgIpc) is 3.30. The van der Waals surface area contributed by atoms with E-state index in [1.54, 1.807) is 16.9 Å². The Labute approximate surface area is 141 Å². The zero-order valence-corrected chi connectivity index (χ0v) is 14.0. The van der Waals surface area contributed by atoms with Crippen LogP contribution >= 0.6 is 0 Å². The van der Waals surface area contributed by atoms with Gasteiger partial charge in [0, 0.05) is 31.4 Å². The fourth-order valence-electron chi connectivity index (χ4n) is 2.60. The third-order valence-corrected chi connectivity index (χ3v) is 4.26. The Morgan fingerprint density at radius 2 is 2.12 bits per heavy atom. The van der Waals surface area contributed by atoms with Crippen LogP contribution in [0.3, 0.4) is 0 Å². The Kier molecular flexibility index (Phi) is 4.64. The average molecular weight is 326 g/mol. The molecule has 2 N–H and O–H groups in total. The maximum absolute atomic E-state index is 12.3. The van der Waals surface area contributed by atoms with Crippen molar-refractivity contribution < 1.29 is 9.59 Å². The van der Waals surface area contributed by atoms with Gasteiger partial charge in [0.05, 0.1) is 11.6 Å². The maximum atomic E-state index is 12.3. The van der Waals surface area contributed by atoms with Crippen molar-refractivity contribution in [1.29, 1.82) is 0 Å². The molecule has 0 spiro atoms. The van der Waals surface area contributed by atoms with Gasteiger partial charge in [-0.1, -0.05) is 12.1 Å². The number of nitrogens with one attached hydrogen (secondary N) is 2. The first-order valence-corrected chi connectivity index (χ1v) is 8.20. The zero-order valence-electron chi connectivity index (χ0n) is 14.0. The van der Waals surface area contributed by atoms with Gasteiger partial charge in [0.1, 0.15) is 0 Å². The molecule has 1 aliphatic carbocycles. The van der Waals surface area contributed by atoms with Crippen molar-refractivity contribution in [1.82, 2.24) is 20.4 Å². The smallest absolute Gasteiger partial charge is 0.251 e. The molecule has 2 aromatic rings. The van der Waals surface area contributed by atoms with E-state index in [-0.39, 0.29) is 17.7 Å². The van der Waals surface area contributed by atoms with Crippen LogP contribution in [-0.4, -0.2) is 27.6 Å². The number of rotatable bonds is 6. The SMILES string of the molecule is C[C@H](C(=O)NCc1cccc(C(=O)NC2CC2)c1)c1ccnn1C. The number of carbonyl (C=O) groups excluding carboxylic acids is 2. The topological polar surface area (TPSA) is 76.0 Å². The lowest BCUT2D eigenvalue weighted by Crippen LogP contribution is -2.29. The highest BCUT2D eigenvalue weighted by Gasteiger charge is 2.24. The van der Waals surface area contributed by atoms with E-state index in [0.29, 0.717) is 18.2 Å². The zero-order chi connectivity index (χ0) is 17.1. The molecule has 2 amide bonds. The van der Waals surface area contributed by atoms with Gasteiger partial charge in [-0.3, -0.25) is 14.3 Å². The van der Waals surface area contributed by atoms with Gasteiger partial charge >= 0.3 is 0 Å². The fraction of sp³-hybridized carbons (Fsp3) is 0.389. The molecule has 0 saturated heterocycles. The van der Waals surface area contributed by atoms with Gasteiger partial charge in [-0.2, -0.15) is 5.10 Å². The second-order valence-electron chi connectivity index (χ2n) is 6.27. The molecule has 1 fully saturated rings. The number of carbonyl (C=O) groups is 2. The molecule has 0 aliphatic heterocycles. The Balaban J connectivity index is 1.58. The molecular formula is C18H22N4O2. The number of hydrogen-bond donors (Lipinski definition) is 2. The van der Waals surface area contributed by atoms with Crippen molar-refractivity contribution in [2.75, 3.05) is 0 Å². The molecule has 1 saturated carbocycles. The molecular weight excluding hydrogens is 304 g/mol. The van der Waals surface area contributed by atoms with Crippen molar-refractivity contribution in [3.8, 4) is 0 Å². The molecule has 3 rings (SSSR count). The molecule has 0 radical (unpaired) electrons. The summed E-state index contributed by atoms with van der Waals surface area (Å²) in [4.78, 5) is 24.4. The molecule has 1 aromatic heterocycles. The third kappa shape index (κ3) is 3.82. The van der Waals surface area contributed by atoms with Crippen LogP contribution in [0.5, 0.6) is 0 Å². The fourth-order valence-corrected chi connectivity index (χ4v) is 2.60. The van der Waals surface area contributed by atoms with Crippen LogP contribution < -0.4 is 10.6 Å². The molecule has 1 heterocycles. The van der Waals surface area contributed by atoms with E-state index in [0.717, 1.165) is 24.1 Å². The summed E-state index contributed by atoms with van der Waals surface area (Å²) < 4.78 is 1.70. The molecule has 6 heteroatoms. The number of aromatic nitrogens is 2. The Hall–Kier alpha value is -2.63. The largest absolute Gasteiger partial charge is 0.351 e. The van der Waals surface area contributed by atoms with Crippen LogP contribution in [0.15, 0.2) is 36.5 Å². The summed E-state index contributed by atoms with van der Waals surface area (Å²) in [6, 6.07) is 9.54. The van der Waals surface area contributed by atoms with E-state index in [9.17, 15) is 9.59 Å². The second kappa shape index (κ2) is 6.86. The molecule has 24 heavy (non-hydrogen) atoms. The summed E-state index contributed by atoms with van der Waals surface area (Å²) in [5.41, 5.74) is 2.40. The number of aryl methyl sites for hydroxylation is 1. The van der Waals surface area contributed by atoms with Gasteiger partial charge in [0.2, 0.25) is 5.91 Å². The summed E-state index contributed by atoms with van der Waals surface area (Å²) in [6.07, 6.45) is 3.81. The van der Waals surface area contributed by atoms with Crippen LogP contribution in [0.25, 0.3) is 0 Å². The van der Waals surface area contributed by atoms with Gasteiger partial charge in [-0.25, -0.2) is 0 Å². The Morgan fingerprint density at radius 1 is 1.33 bits per heavy atom. The lowest BCUT2D eigenvalue weighted by atomic mass is 10.1. The lowest BCUT2D eigenvalue weighted by Gasteiger charge is -2.13. The summed E-state index contributed by atoms with van der Waals surface area (Å²) in [5, 5.41) is 9.98. The van der Waals surface area contributed by atoms with Gasteiger partial charge < -0.3 is 10.6 Å². The van der Waals surface area contributed by atoms with E-state index in [2.05, 4.69) is 15.7 Å². The quantitative estimate of drug-likeness (QED) is 0.849. The van der Waals surface area contributed by atoms with Crippen molar-refractivity contribution in [3.05, 3.63) is 53.3 Å². The predicted octanol–water partition coefficient (Wildman–Crippen LogP) is 1.73. The van der Waals surface area contributed by atoms with Crippen molar-refractivity contribution in [2.45, 2.75) is 38.3 Å². The number of hydrogen-bond acceptors (Lipinski definition) is 3. The molecule has 0 bridgehead atoms. The highest BCUT2D eigenvalue weighted by molar-refractivity contribution is 5.94. The first kappa shape index (κ1) is 16.2. The van der Waals surface area contributed by atoms with Crippen LogP contribution in [-0.2, 0) is 18.4 Å². The third-order valence-electron chi connectivity index (χ3n) is 4.26. The van der Waals surface area contributed by atoms with Crippen LogP contribution in [0.1, 0.15) is 47.3 Å². The number of amides is 2. The Bertz CT molecular complexity index is 749. The van der Waals surface area contributed by atoms with Crippen molar-refractivity contribution in [2.24, 2.45) is 7.05 Å². The van der Waals surface area contributed by atoms with Gasteiger partial charge in [0.15, 0.2) is 0 Å². The predicted molar refractivity (Wildman–Crippen MR) is 90.4 cm³/mol. The highest BCUT2D eigenvalue weighted by Crippen LogP contribution is 2.19. The monoisotopic (exact) mass is 326 g/mol. The van der Waals surface area contributed by atoms with Crippen LogP contribution in [0.4, 0.5) is 0 Å². The highest BCUT2D eigenvalue weighted by atomic mass is 16.2. The van der Waals surface area contributed by atoms with E-state index in [4.69, 9.17) is 0 Å². The van der Waals surface area contributed by atoms with Crippen molar-refractivity contribution in [3.63, 3.8) is 0 Å². The first-order valence-electron chi connectivity index (χ1n) is 8.20. The maximum Gasteiger partial charge on any atom is 0.251 e. The molecule has 126 valence electrons. The summed E-state index contributed by atoms with van der Waals surface area (Å²) in [7, 11) is 1.82. The molecule has 1 atom stereocenters. The standard InChI is InChI=1S/C18H22N4O2/c1-12(16-8-9-20-22(16)2)17(23)19-11-13-4-3-5-14(10-13)18(24)21-15-6-7-15/h3-5,8-10,12,15H,6-7,11H2,1-2H3,(H,19,23)(H,21,24)/t12-/m0/s1. The molecule has 6 nitrogen and oxygen atoms in total. The summed E-state index contributed by atoms with van der Waals surface area (Å²) in [5.74, 6) is -0.390. The number of nitrogens with zero attached hydrogens (tertiary/aromatic N) is 2. The van der Waals surface area contributed by atoms with Gasteiger partial charge in [-0.05, 0) is 43.5 Å². The molecule has 1 aromatic carbocycles. The molecule has 1 aliphatic rings. The normalized spacial score (nSPS) is 14.9. The van der Waals surface area contributed by atoms with Crippen LogP contribution in [0.2, 0.25) is 0 Å². The van der Waals surface area contributed by atoms with Gasteiger partial charge in [-0.15, -0.1) is 0 Å². The molecule has 0 unspecified atom stereocenters. The Morgan fingerprint density at radius 3 is 2.79 bits per heavy atom. The number of benzene rings is 1. The van der Waals surface area contributed by atoms with E-state index in [1.165, 1.54) is 0 Å². The van der Waals surface area contributed by atoms with Crippen LogP contribution in [0, 0.1) is 0 Å². The summed E-state index contributed by atoms with van der Waals surface area (Å²) in [6.45, 7) is 2.25. The van der Waals surface area contributed by atoms with E-state index < -0.39 is 0 Å².